The molecule has 4 atom stereocenters. The number of benzene rings is 1. The van der Waals surface area contributed by atoms with Crippen LogP contribution in [0.4, 0.5) is 0 Å². The van der Waals surface area contributed by atoms with Gasteiger partial charge in [-0.1, -0.05) is 25.5 Å². The van der Waals surface area contributed by atoms with E-state index in [-0.39, 0.29) is 11.7 Å². The van der Waals surface area contributed by atoms with Crippen LogP contribution in [0, 0.1) is 12.8 Å². The van der Waals surface area contributed by atoms with E-state index in [9.17, 15) is 9.90 Å². The van der Waals surface area contributed by atoms with Crippen LogP contribution in [0.15, 0.2) is 11.6 Å². The van der Waals surface area contributed by atoms with Gasteiger partial charge in [-0.3, -0.25) is 4.79 Å². The van der Waals surface area contributed by atoms with Crippen molar-refractivity contribution in [2.24, 2.45) is 5.92 Å². The molecule has 0 radical (unpaired) electrons. The quantitative estimate of drug-likeness (QED) is 0.426. The van der Waals surface area contributed by atoms with E-state index in [1.54, 1.807) is 0 Å². The lowest BCUT2D eigenvalue weighted by Gasteiger charge is -2.43. The summed E-state index contributed by atoms with van der Waals surface area (Å²) >= 11 is 0. The van der Waals surface area contributed by atoms with E-state index >= 15 is 0 Å². The minimum atomic E-state index is -0.370. The Labute approximate surface area is 151 Å². The van der Waals surface area contributed by atoms with Crippen LogP contribution in [-0.4, -0.2) is 11.1 Å². The SMILES string of the molecule is CC(=O)Oc1c(O)c(C)c2c3c1C(C)CCC3C(C)CC2C=C(C)C. The second kappa shape index (κ2) is 6.51. The van der Waals surface area contributed by atoms with E-state index in [0.29, 0.717) is 29.4 Å². The summed E-state index contributed by atoms with van der Waals surface area (Å²) < 4.78 is 5.51. The Bertz CT molecular complexity index is 740. The fourth-order valence-electron chi connectivity index (χ4n) is 5.03. The minimum Gasteiger partial charge on any atom is -0.504 e. The second-order valence-electron chi connectivity index (χ2n) is 8.29. The van der Waals surface area contributed by atoms with E-state index in [1.807, 2.05) is 6.92 Å². The van der Waals surface area contributed by atoms with Gasteiger partial charge < -0.3 is 9.84 Å². The third-order valence-corrected chi connectivity index (χ3v) is 6.04. The predicted molar refractivity (Wildman–Crippen MR) is 100 cm³/mol. The number of hydrogen-bond donors (Lipinski definition) is 1. The zero-order valence-corrected chi connectivity index (χ0v) is 16.3. The van der Waals surface area contributed by atoms with Crippen molar-refractivity contribution in [3.63, 3.8) is 0 Å². The Morgan fingerprint density at radius 2 is 1.80 bits per heavy atom. The normalized spacial score (nSPS) is 27.4. The minimum absolute atomic E-state index is 0.151. The Balaban J connectivity index is 2.34. The van der Waals surface area contributed by atoms with E-state index < -0.39 is 0 Å². The largest absolute Gasteiger partial charge is 0.504 e. The van der Waals surface area contributed by atoms with Gasteiger partial charge in [-0.2, -0.15) is 0 Å². The highest BCUT2D eigenvalue weighted by Gasteiger charge is 2.41. The molecule has 0 fully saturated rings. The highest BCUT2D eigenvalue weighted by Crippen LogP contribution is 2.58. The molecule has 2 aliphatic rings. The lowest BCUT2D eigenvalue weighted by molar-refractivity contribution is -0.132. The van der Waals surface area contributed by atoms with Crippen molar-refractivity contribution in [3.8, 4) is 11.5 Å². The molecule has 0 heterocycles. The van der Waals surface area contributed by atoms with Gasteiger partial charge >= 0.3 is 5.97 Å². The highest BCUT2D eigenvalue weighted by atomic mass is 16.5. The molecule has 4 unspecified atom stereocenters. The van der Waals surface area contributed by atoms with E-state index in [4.69, 9.17) is 4.74 Å². The van der Waals surface area contributed by atoms with Crippen LogP contribution in [0.5, 0.6) is 11.5 Å². The van der Waals surface area contributed by atoms with Crippen molar-refractivity contribution in [1.82, 2.24) is 0 Å². The summed E-state index contributed by atoms with van der Waals surface area (Å²) in [6.45, 7) is 12.2. The van der Waals surface area contributed by atoms with Crippen molar-refractivity contribution in [3.05, 3.63) is 33.9 Å². The molecule has 0 amide bonds. The first-order valence-electron chi connectivity index (χ1n) is 9.45. The third kappa shape index (κ3) is 2.98. The maximum atomic E-state index is 11.7. The summed E-state index contributed by atoms with van der Waals surface area (Å²) in [7, 11) is 0. The van der Waals surface area contributed by atoms with Crippen molar-refractivity contribution in [2.75, 3.05) is 0 Å². The van der Waals surface area contributed by atoms with Gasteiger partial charge in [0.1, 0.15) is 0 Å². The summed E-state index contributed by atoms with van der Waals surface area (Å²) in [5, 5.41) is 10.9. The van der Waals surface area contributed by atoms with Gasteiger partial charge in [0.2, 0.25) is 0 Å². The molecule has 0 aliphatic heterocycles. The van der Waals surface area contributed by atoms with E-state index in [2.05, 4.69) is 33.8 Å². The van der Waals surface area contributed by atoms with E-state index in [0.717, 1.165) is 24.0 Å². The Morgan fingerprint density at radius 1 is 1.12 bits per heavy atom. The smallest absolute Gasteiger partial charge is 0.308 e. The number of aromatic hydroxyl groups is 1. The number of ether oxygens (including phenoxy) is 1. The highest BCUT2D eigenvalue weighted by molar-refractivity contribution is 5.74. The number of phenols is 1. The maximum absolute atomic E-state index is 11.7. The van der Waals surface area contributed by atoms with Crippen LogP contribution < -0.4 is 4.74 Å². The van der Waals surface area contributed by atoms with Crippen LogP contribution in [0.25, 0.3) is 0 Å². The molecule has 3 heteroatoms. The van der Waals surface area contributed by atoms with Gasteiger partial charge in [0.25, 0.3) is 0 Å². The molecule has 0 bridgehead atoms. The first kappa shape index (κ1) is 18.0. The number of phenolic OH excluding ortho intramolecular Hbond substituents is 1. The first-order valence-corrected chi connectivity index (χ1v) is 9.45. The zero-order valence-electron chi connectivity index (χ0n) is 16.3. The summed E-state index contributed by atoms with van der Waals surface area (Å²) in [6, 6.07) is 0. The average Bonchev–Trinajstić information content (AvgIpc) is 2.50. The number of rotatable bonds is 2. The van der Waals surface area contributed by atoms with Crippen LogP contribution in [-0.2, 0) is 4.79 Å². The molecular formula is C22H30O3. The number of carbonyl (C=O) groups is 1. The molecule has 0 saturated heterocycles. The molecule has 0 saturated carbocycles. The molecule has 1 aromatic carbocycles. The molecule has 2 aliphatic carbocycles. The first-order chi connectivity index (χ1) is 11.7. The molecule has 25 heavy (non-hydrogen) atoms. The van der Waals surface area contributed by atoms with Crippen molar-refractivity contribution < 1.29 is 14.6 Å². The molecule has 136 valence electrons. The third-order valence-electron chi connectivity index (χ3n) is 6.04. The molecular weight excluding hydrogens is 312 g/mol. The fourth-order valence-corrected chi connectivity index (χ4v) is 5.03. The number of hydrogen-bond acceptors (Lipinski definition) is 3. The van der Waals surface area contributed by atoms with Gasteiger partial charge in [-0.15, -0.1) is 0 Å². The molecule has 1 aromatic rings. The number of esters is 1. The van der Waals surface area contributed by atoms with Gasteiger partial charge in [0.05, 0.1) is 0 Å². The average molecular weight is 342 g/mol. The van der Waals surface area contributed by atoms with Crippen LogP contribution >= 0.6 is 0 Å². The monoisotopic (exact) mass is 342 g/mol. The Kier molecular flexibility index (Phi) is 4.70. The summed E-state index contributed by atoms with van der Waals surface area (Å²) in [5.41, 5.74) is 5.88. The lowest BCUT2D eigenvalue weighted by atomic mass is 9.62. The van der Waals surface area contributed by atoms with Crippen molar-refractivity contribution in [1.29, 1.82) is 0 Å². The molecule has 1 N–H and O–H groups in total. The predicted octanol–water partition coefficient (Wildman–Crippen LogP) is 5.70. The van der Waals surface area contributed by atoms with Crippen molar-refractivity contribution >= 4 is 5.97 Å². The number of allylic oxidation sites excluding steroid dienone is 2. The van der Waals surface area contributed by atoms with Gasteiger partial charge in [-0.25, -0.2) is 0 Å². The number of carbonyl (C=O) groups excluding carboxylic acids is 1. The van der Waals surface area contributed by atoms with Crippen LogP contribution in [0.3, 0.4) is 0 Å². The van der Waals surface area contributed by atoms with Crippen molar-refractivity contribution in [2.45, 2.75) is 78.6 Å². The standard InChI is InChI=1S/C22H30O3/c1-11(2)9-16-10-13(4)17-8-7-12(3)18-20(17)19(16)14(5)21(24)22(18)25-15(6)23/h9,12-13,16-17,24H,7-8,10H2,1-6H3. The Morgan fingerprint density at radius 3 is 2.40 bits per heavy atom. The summed E-state index contributed by atoms with van der Waals surface area (Å²) in [5.74, 6) is 1.90. The summed E-state index contributed by atoms with van der Waals surface area (Å²) in [4.78, 5) is 11.7. The van der Waals surface area contributed by atoms with Crippen LogP contribution in [0.2, 0.25) is 0 Å². The second-order valence-corrected chi connectivity index (χ2v) is 8.29. The molecule has 0 spiro atoms. The molecule has 3 rings (SSSR count). The van der Waals surface area contributed by atoms with E-state index in [1.165, 1.54) is 30.0 Å². The maximum Gasteiger partial charge on any atom is 0.308 e. The van der Waals surface area contributed by atoms with Gasteiger partial charge in [-0.05, 0) is 74.5 Å². The van der Waals surface area contributed by atoms with Crippen LogP contribution in [0.1, 0.15) is 93.9 Å². The lowest BCUT2D eigenvalue weighted by Crippen LogP contribution is -2.28. The Hall–Kier alpha value is -1.77. The van der Waals surface area contributed by atoms with Gasteiger partial charge in [0, 0.05) is 18.4 Å². The zero-order chi connectivity index (χ0) is 18.5. The fraction of sp³-hybridized carbons (Fsp3) is 0.591. The summed E-state index contributed by atoms with van der Waals surface area (Å²) in [6.07, 6.45) is 5.70. The molecule has 3 nitrogen and oxygen atoms in total. The topological polar surface area (TPSA) is 46.5 Å². The molecule has 0 aromatic heterocycles. The van der Waals surface area contributed by atoms with Gasteiger partial charge in [0.15, 0.2) is 11.5 Å².